The first-order valence-electron chi connectivity index (χ1n) is 6.28. The van der Waals surface area contributed by atoms with E-state index in [2.05, 4.69) is 10.0 Å². The van der Waals surface area contributed by atoms with Gasteiger partial charge < -0.3 is 11.1 Å². The molecule has 0 radical (unpaired) electrons. The van der Waals surface area contributed by atoms with Crippen LogP contribution < -0.4 is 15.8 Å². The highest BCUT2D eigenvalue weighted by Gasteiger charge is 2.21. The lowest BCUT2D eigenvalue weighted by molar-refractivity contribution is 0.100. The monoisotopic (exact) mass is 333 g/mol. The standard InChI is InChI=1S/C13H20ClN3O3S/c1-13(2,17-21(3,19)20)8-16-7-10-5-4-9(12(15)18)6-11(10)14/h4-6,16-17H,7-8H2,1-3H3,(H2,15,18). The predicted octanol–water partition coefficient (Wildman–Crippen LogP) is 0.856. The highest BCUT2D eigenvalue weighted by atomic mass is 35.5. The molecule has 1 aromatic rings. The van der Waals surface area contributed by atoms with Gasteiger partial charge in [-0.15, -0.1) is 0 Å². The number of nitrogens with two attached hydrogens (primary N) is 1. The zero-order valence-corrected chi connectivity index (χ0v) is 13.8. The summed E-state index contributed by atoms with van der Waals surface area (Å²) >= 11 is 6.07. The lowest BCUT2D eigenvalue weighted by Crippen LogP contribution is -2.49. The number of amides is 1. The molecule has 0 spiro atoms. The molecular formula is C13H20ClN3O3S. The van der Waals surface area contributed by atoms with E-state index in [0.29, 0.717) is 23.7 Å². The van der Waals surface area contributed by atoms with Crippen molar-refractivity contribution in [2.24, 2.45) is 5.73 Å². The Morgan fingerprint density at radius 3 is 2.48 bits per heavy atom. The van der Waals surface area contributed by atoms with Crippen molar-refractivity contribution < 1.29 is 13.2 Å². The molecule has 0 saturated carbocycles. The number of carbonyl (C=O) groups is 1. The van der Waals surface area contributed by atoms with Gasteiger partial charge >= 0.3 is 0 Å². The highest BCUT2D eigenvalue weighted by molar-refractivity contribution is 7.88. The third-order valence-corrected chi connectivity index (χ3v) is 3.96. The van der Waals surface area contributed by atoms with Crippen molar-refractivity contribution in [3.05, 3.63) is 34.3 Å². The Hall–Kier alpha value is -1.15. The van der Waals surface area contributed by atoms with E-state index < -0.39 is 21.5 Å². The molecular weight excluding hydrogens is 314 g/mol. The van der Waals surface area contributed by atoms with Crippen molar-refractivity contribution in [2.45, 2.75) is 25.9 Å². The van der Waals surface area contributed by atoms with Gasteiger partial charge in [0.05, 0.1) is 6.26 Å². The molecule has 0 aliphatic carbocycles. The van der Waals surface area contributed by atoms with Crippen LogP contribution in [0.5, 0.6) is 0 Å². The molecule has 6 nitrogen and oxygen atoms in total. The average molecular weight is 334 g/mol. The maximum absolute atomic E-state index is 11.2. The lowest BCUT2D eigenvalue weighted by Gasteiger charge is -2.25. The lowest BCUT2D eigenvalue weighted by atomic mass is 10.1. The molecule has 0 bridgehead atoms. The minimum Gasteiger partial charge on any atom is -0.366 e. The molecule has 1 aromatic carbocycles. The quantitative estimate of drug-likeness (QED) is 0.688. The molecule has 0 heterocycles. The van der Waals surface area contributed by atoms with E-state index in [4.69, 9.17) is 17.3 Å². The average Bonchev–Trinajstić information content (AvgIpc) is 2.27. The molecule has 0 saturated heterocycles. The zero-order valence-electron chi connectivity index (χ0n) is 12.2. The molecule has 0 atom stereocenters. The number of halogens is 1. The van der Waals surface area contributed by atoms with Crippen LogP contribution in [0.3, 0.4) is 0 Å². The summed E-state index contributed by atoms with van der Waals surface area (Å²) < 4.78 is 25.0. The number of benzene rings is 1. The largest absolute Gasteiger partial charge is 0.366 e. The first kappa shape index (κ1) is 17.9. The molecule has 118 valence electrons. The van der Waals surface area contributed by atoms with Crippen molar-refractivity contribution >= 4 is 27.5 Å². The maximum Gasteiger partial charge on any atom is 0.248 e. The number of rotatable bonds is 7. The Morgan fingerprint density at radius 1 is 1.38 bits per heavy atom. The SMILES string of the molecule is CC(C)(CNCc1ccc(C(N)=O)cc1Cl)NS(C)(=O)=O. The second kappa shape index (κ2) is 6.74. The van der Waals surface area contributed by atoms with E-state index in [-0.39, 0.29) is 0 Å². The van der Waals surface area contributed by atoms with Crippen LogP contribution in [-0.4, -0.2) is 32.7 Å². The normalized spacial score (nSPS) is 12.4. The van der Waals surface area contributed by atoms with Crippen LogP contribution in [0.25, 0.3) is 0 Å². The van der Waals surface area contributed by atoms with Crippen molar-refractivity contribution in [3.8, 4) is 0 Å². The Labute approximate surface area is 130 Å². The summed E-state index contributed by atoms with van der Waals surface area (Å²) in [5, 5.41) is 3.56. The van der Waals surface area contributed by atoms with Gasteiger partial charge in [0.15, 0.2) is 0 Å². The molecule has 0 aliphatic heterocycles. The first-order chi connectivity index (χ1) is 9.50. The Balaban J connectivity index is 2.62. The summed E-state index contributed by atoms with van der Waals surface area (Å²) in [5.41, 5.74) is 5.70. The second-order valence-electron chi connectivity index (χ2n) is 5.53. The third kappa shape index (κ3) is 6.43. The summed E-state index contributed by atoms with van der Waals surface area (Å²) in [6.45, 7) is 4.43. The summed E-state index contributed by atoms with van der Waals surface area (Å²) in [7, 11) is -3.27. The molecule has 1 amide bonds. The highest BCUT2D eigenvalue weighted by Crippen LogP contribution is 2.17. The molecule has 21 heavy (non-hydrogen) atoms. The molecule has 0 aromatic heterocycles. The predicted molar refractivity (Wildman–Crippen MR) is 83.7 cm³/mol. The van der Waals surface area contributed by atoms with Crippen LogP contribution in [0.1, 0.15) is 29.8 Å². The van der Waals surface area contributed by atoms with Crippen molar-refractivity contribution in [1.82, 2.24) is 10.0 Å². The number of sulfonamides is 1. The molecule has 0 unspecified atom stereocenters. The van der Waals surface area contributed by atoms with Crippen LogP contribution in [0.2, 0.25) is 5.02 Å². The smallest absolute Gasteiger partial charge is 0.248 e. The van der Waals surface area contributed by atoms with Crippen LogP contribution in [-0.2, 0) is 16.6 Å². The van der Waals surface area contributed by atoms with Gasteiger partial charge in [0.1, 0.15) is 0 Å². The molecule has 4 N–H and O–H groups in total. The van der Waals surface area contributed by atoms with E-state index >= 15 is 0 Å². The maximum atomic E-state index is 11.2. The minimum absolute atomic E-state index is 0.350. The topological polar surface area (TPSA) is 101 Å². The fraction of sp³-hybridized carbons (Fsp3) is 0.462. The fourth-order valence-corrected chi connectivity index (χ4v) is 3.21. The van der Waals surface area contributed by atoms with Gasteiger partial charge in [0, 0.05) is 29.2 Å². The van der Waals surface area contributed by atoms with Gasteiger partial charge in [-0.25, -0.2) is 13.1 Å². The van der Waals surface area contributed by atoms with E-state index in [9.17, 15) is 13.2 Å². The number of hydrogen-bond donors (Lipinski definition) is 3. The van der Waals surface area contributed by atoms with E-state index in [0.717, 1.165) is 11.8 Å². The van der Waals surface area contributed by atoms with Crippen molar-refractivity contribution in [1.29, 1.82) is 0 Å². The van der Waals surface area contributed by atoms with E-state index in [1.165, 1.54) is 6.07 Å². The summed E-state index contributed by atoms with van der Waals surface area (Å²) in [6.07, 6.45) is 1.12. The van der Waals surface area contributed by atoms with Gasteiger partial charge in [-0.1, -0.05) is 17.7 Å². The third-order valence-electron chi connectivity index (χ3n) is 2.68. The van der Waals surface area contributed by atoms with Gasteiger partial charge in [-0.05, 0) is 31.5 Å². The zero-order chi connectivity index (χ0) is 16.3. The van der Waals surface area contributed by atoms with Crippen LogP contribution in [0.4, 0.5) is 0 Å². The van der Waals surface area contributed by atoms with Gasteiger partial charge in [0.25, 0.3) is 0 Å². The summed E-state index contributed by atoms with van der Waals surface area (Å²) in [6, 6.07) is 4.83. The number of hydrogen-bond acceptors (Lipinski definition) is 4. The Kier molecular flexibility index (Phi) is 5.75. The molecule has 1 rings (SSSR count). The van der Waals surface area contributed by atoms with Gasteiger partial charge in [0.2, 0.25) is 15.9 Å². The van der Waals surface area contributed by atoms with E-state index in [1.54, 1.807) is 26.0 Å². The molecule has 8 heteroatoms. The second-order valence-corrected chi connectivity index (χ2v) is 7.69. The van der Waals surface area contributed by atoms with Crippen molar-refractivity contribution in [2.75, 3.05) is 12.8 Å². The van der Waals surface area contributed by atoms with Gasteiger partial charge in [-0.2, -0.15) is 0 Å². The number of nitrogens with one attached hydrogen (secondary N) is 2. The van der Waals surface area contributed by atoms with Crippen molar-refractivity contribution in [3.63, 3.8) is 0 Å². The van der Waals surface area contributed by atoms with Crippen LogP contribution in [0, 0.1) is 0 Å². The summed E-state index contributed by atoms with van der Waals surface area (Å²) in [5.74, 6) is -0.533. The van der Waals surface area contributed by atoms with E-state index in [1.807, 2.05) is 0 Å². The van der Waals surface area contributed by atoms with Crippen LogP contribution >= 0.6 is 11.6 Å². The minimum atomic E-state index is -3.27. The first-order valence-corrected chi connectivity index (χ1v) is 8.55. The Bertz CT molecular complexity index is 630. The fourth-order valence-electron chi connectivity index (χ4n) is 1.89. The number of primary amides is 1. The van der Waals surface area contributed by atoms with Crippen LogP contribution in [0.15, 0.2) is 18.2 Å². The summed E-state index contributed by atoms with van der Waals surface area (Å²) in [4.78, 5) is 11.0. The van der Waals surface area contributed by atoms with Gasteiger partial charge in [-0.3, -0.25) is 4.79 Å². The molecule has 0 aliphatic rings. The molecule has 0 fully saturated rings. The Morgan fingerprint density at radius 2 is 2.00 bits per heavy atom. The number of carbonyl (C=O) groups excluding carboxylic acids is 1.